The molecule has 0 aliphatic carbocycles. The minimum atomic E-state index is -3.87. The molecular formula is C25H35N3O6S. The third-order valence-corrected chi connectivity index (χ3v) is 6.65. The maximum absolute atomic E-state index is 13.6. The van der Waals surface area contributed by atoms with Gasteiger partial charge in [-0.15, -0.1) is 0 Å². The topological polar surface area (TPSA) is 105 Å². The number of rotatable bonds is 12. The van der Waals surface area contributed by atoms with E-state index in [0.717, 1.165) is 28.1 Å². The van der Waals surface area contributed by atoms with Crippen molar-refractivity contribution in [2.24, 2.45) is 0 Å². The molecule has 0 saturated heterocycles. The van der Waals surface area contributed by atoms with Crippen molar-refractivity contribution in [3.8, 4) is 11.5 Å². The van der Waals surface area contributed by atoms with Crippen LogP contribution in [-0.2, 0) is 26.2 Å². The summed E-state index contributed by atoms with van der Waals surface area (Å²) in [6.45, 7) is 5.66. The van der Waals surface area contributed by atoms with Crippen molar-refractivity contribution in [1.82, 2.24) is 10.2 Å². The lowest BCUT2D eigenvalue weighted by atomic mass is 10.1. The van der Waals surface area contributed by atoms with Gasteiger partial charge in [0.1, 0.15) is 24.1 Å². The van der Waals surface area contributed by atoms with Crippen molar-refractivity contribution in [1.29, 1.82) is 0 Å². The van der Waals surface area contributed by atoms with Crippen LogP contribution < -0.4 is 19.1 Å². The van der Waals surface area contributed by atoms with E-state index in [0.29, 0.717) is 12.3 Å². The Bertz CT molecular complexity index is 1120. The largest absolute Gasteiger partial charge is 0.497 e. The highest BCUT2D eigenvalue weighted by atomic mass is 32.2. The average molecular weight is 506 g/mol. The Balaban J connectivity index is 2.43. The summed E-state index contributed by atoms with van der Waals surface area (Å²) < 4.78 is 37.0. The van der Waals surface area contributed by atoms with E-state index in [4.69, 9.17) is 9.47 Å². The summed E-state index contributed by atoms with van der Waals surface area (Å²) in [6, 6.07) is 11.5. The number of methoxy groups -OCH3 is 2. The Morgan fingerprint density at radius 1 is 1.06 bits per heavy atom. The molecule has 0 radical (unpaired) electrons. The zero-order chi connectivity index (χ0) is 26.2. The molecule has 0 heterocycles. The van der Waals surface area contributed by atoms with Crippen molar-refractivity contribution >= 4 is 27.5 Å². The quantitative estimate of drug-likeness (QED) is 0.476. The molecule has 0 unspecified atom stereocenters. The molecule has 35 heavy (non-hydrogen) atoms. The standard InChI is InChI=1S/C25H35N3O6S/c1-7-14-26-25(30)19(3)27(16-20-10-8-18(2)9-11-20)24(29)17-28(35(6,31)32)22-13-12-21(33-4)15-23(22)34-5/h8-13,15,19H,7,14,16-17H2,1-6H3,(H,26,30)/t19-/m0/s1. The first-order chi connectivity index (χ1) is 16.5. The summed E-state index contributed by atoms with van der Waals surface area (Å²) in [5.41, 5.74) is 2.09. The van der Waals surface area contributed by atoms with Crippen LogP contribution in [0.25, 0.3) is 0 Å². The minimum absolute atomic E-state index is 0.150. The molecule has 0 aliphatic heterocycles. The first-order valence-corrected chi connectivity index (χ1v) is 13.2. The molecule has 0 fully saturated rings. The molecular weight excluding hydrogens is 470 g/mol. The van der Waals surface area contributed by atoms with Crippen LogP contribution in [0.2, 0.25) is 0 Å². The lowest BCUT2D eigenvalue weighted by molar-refractivity contribution is -0.139. The number of ether oxygens (including phenoxy) is 2. The fourth-order valence-electron chi connectivity index (χ4n) is 3.45. The van der Waals surface area contributed by atoms with Gasteiger partial charge < -0.3 is 19.7 Å². The molecule has 1 N–H and O–H groups in total. The van der Waals surface area contributed by atoms with E-state index in [-0.39, 0.29) is 23.9 Å². The normalized spacial score (nSPS) is 11.9. The molecule has 192 valence electrons. The zero-order valence-electron chi connectivity index (χ0n) is 21.2. The first-order valence-electron chi connectivity index (χ1n) is 11.3. The number of hydrogen-bond acceptors (Lipinski definition) is 6. The van der Waals surface area contributed by atoms with Crippen molar-refractivity contribution in [3.05, 3.63) is 53.6 Å². The van der Waals surface area contributed by atoms with Gasteiger partial charge in [-0.3, -0.25) is 13.9 Å². The molecule has 10 heteroatoms. The van der Waals surface area contributed by atoms with Crippen molar-refractivity contribution in [2.75, 3.05) is 37.9 Å². The van der Waals surface area contributed by atoms with Gasteiger partial charge >= 0.3 is 0 Å². The van der Waals surface area contributed by atoms with Gasteiger partial charge in [0, 0.05) is 19.2 Å². The number of anilines is 1. The Morgan fingerprint density at radius 3 is 2.26 bits per heavy atom. The third-order valence-electron chi connectivity index (χ3n) is 5.52. The highest BCUT2D eigenvalue weighted by Gasteiger charge is 2.31. The van der Waals surface area contributed by atoms with Crippen LogP contribution in [0.15, 0.2) is 42.5 Å². The molecule has 9 nitrogen and oxygen atoms in total. The van der Waals surface area contributed by atoms with Gasteiger partial charge in [0.2, 0.25) is 21.8 Å². The summed E-state index contributed by atoms with van der Waals surface area (Å²) in [7, 11) is -0.979. The first kappa shape index (κ1) is 28.0. The summed E-state index contributed by atoms with van der Waals surface area (Å²) in [6.07, 6.45) is 1.77. The van der Waals surface area contributed by atoms with E-state index in [2.05, 4.69) is 5.32 Å². The summed E-state index contributed by atoms with van der Waals surface area (Å²) in [5, 5.41) is 2.81. The van der Waals surface area contributed by atoms with Gasteiger partial charge in [-0.2, -0.15) is 0 Å². The Hall–Kier alpha value is -3.27. The predicted octanol–water partition coefficient (Wildman–Crippen LogP) is 2.72. The van der Waals surface area contributed by atoms with E-state index in [1.165, 1.54) is 25.2 Å². The molecule has 0 spiro atoms. The van der Waals surface area contributed by atoms with Gasteiger partial charge in [0.05, 0.1) is 26.2 Å². The number of sulfonamides is 1. The van der Waals surface area contributed by atoms with Gasteiger partial charge in [0.25, 0.3) is 0 Å². The molecule has 0 saturated carbocycles. The van der Waals surface area contributed by atoms with E-state index >= 15 is 0 Å². The van der Waals surface area contributed by atoms with Gasteiger partial charge in [0.15, 0.2) is 0 Å². The molecule has 2 rings (SSSR count). The third kappa shape index (κ3) is 7.61. The van der Waals surface area contributed by atoms with Crippen LogP contribution in [0.4, 0.5) is 5.69 Å². The van der Waals surface area contributed by atoms with Gasteiger partial charge in [-0.1, -0.05) is 36.8 Å². The number of aryl methyl sites for hydroxylation is 1. The molecule has 1 atom stereocenters. The Kier molecular flexibility index (Phi) is 9.94. The highest BCUT2D eigenvalue weighted by Crippen LogP contribution is 2.33. The van der Waals surface area contributed by atoms with Crippen LogP contribution in [-0.4, -0.2) is 64.7 Å². The number of amides is 2. The molecule has 2 aromatic rings. The number of carbonyl (C=O) groups excluding carboxylic acids is 2. The molecule has 2 aromatic carbocycles. The Morgan fingerprint density at radius 2 is 1.71 bits per heavy atom. The maximum Gasteiger partial charge on any atom is 0.244 e. The molecule has 2 amide bonds. The average Bonchev–Trinajstić information content (AvgIpc) is 2.83. The second-order valence-corrected chi connectivity index (χ2v) is 10.2. The second kappa shape index (κ2) is 12.4. The maximum atomic E-state index is 13.6. The van der Waals surface area contributed by atoms with Crippen LogP contribution in [0.3, 0.4) is 0 Å². The van der Waals surface area contributed by atoms with Crippen LogP contribution >= 0.6 is 0 Å². The van der Waals surface area contributed by atoms with E-state index < -0.39 is 28.5 Å². The lowest BCUT2D eigenvalue weighted by Crippen LogP contribution is -2.51. The van der Waals surface area contributed by atoms with Crippen LogP contribution in [0.5, 0.6) is 11.5 Å². The van der Waals surface area contributed by atoms with Crippen LogP contribution in [0.1, 0.15) is 31.4 Å². The van der Waals surface area contributed by atoms with Crippen molar-refractivity contribution in [2.45, 2.75) is 39.8 Å². The van der Waals surface area contributed by atoms with Gasteiger partial charge in [-0.25, -0.2) is 8.42 Å². The van der Waals surface area contributed by atoms with Crippen LogP contribution in [0, 0.1) is 6.92 Å². The molecule has 0 aromatic heterocycles. The molecule has 0 aliphatic rings. The number of nitrogens with one attached hydrogen (secondary N) is 1. The number of hydrogen-bond donors (Lipinski definition) is 1. The number of carbonyl (C=O) groups is 2. The predicted molar refractivity (Wildman–Crippen MR) is 136 cm³/mol. The van der Waals surface area contributed by atoms with Crippen molar-refractivity contribution < 1.29 is 27.5 Å². The van der Waals surface area contributed by atoms with E-state index in [9.17, 15) is 18.0 Å². The fraction of sp³-hybridized carbons (Fsp3) is 0.440. The van der Waals surface area contributed by atoms with E-state index in [1.54, 1.807) is 19.1 Å². The SMILES string of the molecule is CCCNC(=O)[C@H](C)N(Cc1ccc(C)cc1)C(=O)CN(c1ccc(OC)cc1OC)S(C)(=O)=O. The number of benzene rings is 2. The summed E-state index contributed by atoms with van der Waals surface area (Å²) in [5.74, 6) is -0.109. The van der Waals surface area contributed by atoms with E-state index in [1.807, 2.05) is 38.1 Å². The number of nitrogens with zero attached hydrogens (tertiary/aromatic N) is 2. The Labute approximate surface area is 208 Å². The molecule has 0 bridgehead atoms. The smallest absolute Gasteiger partial charge is 0.244 e. The van der Waals surface area contributed by atoms with Gasteiger partial charge in [-0.05, 0) is 38.0 Å². The van der Waals surface area contributed by atoms with Crippen molar-refractivity contribution in [3.63, 3.8) is 0 Å². The summed E-state index contributed by atoms with van der Waals surface area (Å²) >= 11 is 0. The highest BCUT2D eigenvalue weighted by molar-refractivity contribution is 7.92. The zero-order valence-corrected chi connectivity index (χ0v) is 22.0. The second-order valence-electron chi connectivity index (χ2n) is 8.28. The monoisotopic (exact) mass is 505 g/mol. The summed E-state index contributed by atoms with van der Waals surface area (Å²) in [4.78, 5) is 27.7. The lowest BCUT2D eigenvalue weighted by Gasteiger charge is -2.32. The fourth-order valence-corrected chi connectivity index (χ4v) is 4.31. The minimum Gasteiger partial charge on any atom is -0.497 e.